The van der Waals surface area contributed by atoms with Crippen LogP contribution in [0.15, 0.2) is 16.8 Å². The van der Waals surface area contributed by atoms with Crippen molar-refractivity contribution in [2.24, 2.45) is 11.1 Å². The average Bonchev–Trinajstić information content (AvgIpc) is 2.75. The molecule has 0 saturated carbocycles. The molecule has 0 amide bonds. The zero-order chi connectivity index (χ0) is 14.2. The number of nitrogens with zero attached hydrogens (tertiary/aromatic N) is 3. The summed E-state index contributed by atoms with van der Waals surface area (Å²) in [6.45, 7) is 10.1. The highest BCUT2D eigenvalue weighted by atomic mass is 16.5. The highest BCUT2D eigenvalue weighted by molar-refractivity contribution is 5.54. The van der Waals surface area contributed by atoms with E-state index in [1.54, 1.807) is 6.20 Å². The van der Waals surface area contributed by atoms with Crippen molar-refractivity contribution < 1.29 is 4.52 Å². The number of nitrogens with two attached hydrogens (primary N) is 1. The third kappa shape index (κ3) is 2.81. The summed E-state index contributed by atoms with van der Waals surface area (Å²) in [5, 5.41) is 3.98. The second-order valence-electron chi connectivity index (χ2n) is 5.98. The minimum atomic E-state index is -0.292. The van der Waals surface area contributed by atoms with E-state index in [1.807, 2.05) is 40.7 Å². The molecule has 1 atom stereocenters. The van der Waals surface area contributed by atoms with Gasteiger partial charge in [-0.25, -0.2) is 0 Å². The highest BCUT2D eigenvalue weighted by Crippen LogP contribution is 2.30. The summed E-state index contributed by atoms with van der Waals surface area (Å²) < 4.78 is 5.27. The van der Waals surface area contributed by atoms with E-state index in [1.165, 1.54) is 0 Å². The van der Waals surface area contributed by atoms with Gasteiger partial charge in [-0.3, -0.25) is 4.98 Å². The second-order valence-corrected chi connectivity index (χ2v) is 5.98. The lowest BCUT2D eigenvalue weighted by Gasteiger charge is -2.23. The predicted octanol–water partition coefficient (Wildman–Crippen LogP) is 2.79. The SMILES string of the molecule is Cc1cnc(-c2noc([C@@H](N)C(C)(C)C)n2)c(C)c1. The maximum Gasteiger partial charge on any atom is 0.244 e. The molecular weight excluding hydrogens is 240 g/mol. The van der Waals surface area contributed by atoms with Crippen LogP contribution in [0.1, 0.15) is 43.8 Å². The first kappa shape index (κ1) is 13.7. The monoisotopic (exact) mass is 260 g/mol. The smallest absolute Gasteiger partial charge is 0.244 e. The van der Waals surface area contributed by atoms with Gasteiger partial charge in [0.25, 0.3) is 0 Å². The number of rotatable bonds is 2. The zero-order valence-electron chi connectivity index (χ0n) is 12.1. The van der Waals surface area contributed by atoms with Gasteiger partial charge in [0.05, 0.1) is 6.04 Å². The Morgan fingerprint density at radius 3 is 2.53 bits per heavy atom. The van der Waals surface area contributed by atoms with Gasteiger partial charge in [0, 0.05) is 6.20 Å². The Bertz CT molecular complexity index is 583. The highest BCUT2D eigenvalue weighted by Gasteiger charge is 2.28. The van der Waals surface area contributed by atoms with Crippen LogP contribution in [-0.4, -0.2) is 15.1 Å². The maximum atomic E-state index is 6.11. The summed E-state index contributed by atoms with van der Waals surface area (Å²) >= 11 is 0. The van der Waals surface area contributed by atoms with Crippen LogP contribution in [0, 0.1) is 19.3 Å². The Labute approximate surface area is 113 Å². The molecule has 2 heterocycles. The third-order valence-electron chi connectivity index (χ3n) is 3.07. The summed E-state index contributed by atoms with van der Waals surface area (Å²) in [6.07, 6.45) is 1.79. The Balaban J connectivity index is 2.36. The number of pyridine rings is 1. The lowest BCUT2D eigenvalue weighted by atomic mass is 9.87. The number of hydrogen-bond acceptors (Lipinski definition) is 5. The van der Waals surface area contributed by atoms with Crippen LogP contribution >= 0.6 is 0 Å². The molecule has 102 valence electrons. The van der Waals surface area contributed by atoms with E-state index in [2.05, 4.69) is 15.1 Å². The van der Waals surface area contributed by atoms with Crippen molar-refractivity contribution >= 4 is 0 Å². The van der Waals surface area contributed by atoms with Crippen LogP contribution in [0.4, 0.5) is 0 Å². The molecule has 0 bridgehead atoms. The Morgan fingerprint density at radius 1 is 1.26 bits per heavy atom. The summed E-state index contributed by atoms with van der Waals surface area (Å²) in [4.78, 5) is 8.73. The quantitative estimate of drug-likeness (QED) is 0.898. The number of aromatic nitrogens is 3. The fraction of sp³-hybridized carbons (Fsp3) is 0.500. The molecule has 0 aliphatic heterocycles. The lowest BCUT2D eigenvalue weighted by Crippen LogP contribution is -2.26. The normalized spacial score (nSPS) is 13.6. The maximum absolute atomic E-state index is 6.11. The summed E-state index contributed by atoms with van der Waals surface area (Å²) in [5.74, 6) is 0.941. The molecule has 0 aliphatic carbocycles. The summed E-state index contributed by atoms with van der Waals surface area (Å²) in [6, 6.07) is 1.75. The molecule has 0 spiro atoms. The van der Waals surface area contributed by atoms with Gasteiger partial charge in [0.2, 0.25) is 11.7 Å². The van der Waals surface area contributed by atoms with Crippen molar-refractivity contribution in [1.29, 1.82) is 0 Å². The Kier molecular flexibility index (Phi) is 3.41. The molecule has 0 fully saturated rings. The molecule has 2 aromatic heterocycles. The van der Waals surface area contributed by atoms with Gasteiger partial charge in [0.1, 0.15) is 5.69 Å². The van der Waals surface area contributed by atoms with E-state index in [0.717, 1.165) is 16.8 Å². The van der Waals surface area contributed by atoms with Gasteiger partial charge < -0.3 is 10.3 Å². The molecule has 2 N–H and O–H groups in total. The predicted molar refractivity (Wildman–Crippen MR) is 73.4 cm³/mol. The van der Waals surface area contributed by atoms with Crippen molar-refractivity contribution in [1.82, 2.24) is 15.1 Å². The van der Waals surface area contributed by atoms with Crippen molar-refractivity contribution in [3.8, 4) is 11.5 Å². The van der Waals surface area contributed by atoms with Crippen molar-refractivity contribution in [2.75, 3.05) is 0 Å². The molecule has 5 heteroatoms. The van der Waals surface area contributed by atoms with E-state index in [-0.39, 0.29) is 11.5 Å². The molecule has 0 radical (unpaired) electrons. The van der Waals surface area contributed by atoms with E-state index in [9.17, 15) is 0 Å². The van der Waals surface area contributed by atoms with Crippen molar-refractivity contribution in [3.05, 3.63) is 29.3 Å². The van der Waals surface area contributed by atoms with E-state index >= 15 is 0 Å². The molecule has 0 aromatic carbocycles. The summed E-state index contributed by atoms with van der Waals surface area (Å²) in [5.41, 5.74) is 8.85. The molecule has 0 aliphatic rings. The van der Waals surface area contributed by atoms with Gasteiger partial charge in [-0.05, 0) is 30.4 Å². The Hall–Kier alpha value is -1.75. The number of hydrogen-bond donors (Lipinski definition) is 1. The van der Waals surface area contributed by atoms with E-state index < -0.39 is 0 Å². The third-order valence-corrected chi connectivity index (χ3v) is 3.07. The molecule has 0 unspecified atom stereocenters. The fourth-order valence-corrected chi connectivity index (χ4v) is 1.78. The summed E-state index contributed by atoms with van der Waals surface area (Å²) in [7, 11) is 0. The topological polar surface area (TPSA) is 77.8 Å². The van der Waals surface area contributed by atoms with Gasteiger partial charge >= 0.3 is 0 Å². The number of aryl methyl sites for hydroxylation is 2. The minimum Gasteiger partial charge on any atom is -0.337 e. The van der Waals surface area contributed by atoms with Crippen LogP contribution in [-0.2, 0) is 0 Å². The van der Waals surface area contributed by atoms with Crippen LogP contribution in [0.25, 0.3) is 11.5 Å². The first-order valence-corrected chi connectivity index (χ1v) is 6.32. The van der Waals surface area contributed by atoms with Gasteiger partial charge in [-0.15, -0.1) is 0 Å². The molecule has 5 nitrogen and oxygen atoms in total. The molecule has 19 heavy (non-hydrogen) atoms. The standard InChI is InChI=1S/C14H20N4O/c1-8-6-9(2)10(16-7-8)12-17-13(19-18-12)11(15)14(3,4)5/h6-7,11H,15H2,1-5H3/t11-/m1/s1. The zero-order valence-corrected chi connectivity index (χ0v) is 12.1. The molecular formula is C14H20N4O. The van der Waals surface area contributed by atoms with Crippen LogP contribution < -0.4 is 5.73 Å². The van der Waals surface area contributed by atoms with Crippen molar-refractivity contribution in [2.45, 2.75) is 40.7 Å². The van der Waals surface area contributed by atoms with Gasteiger partial charge in [-0.2, -0.15) is 4.98 Å². The van der Waals surface area contributed by atoms with E-state index in [0.29, 0.717) is 11.7 Å². The van der Waals surface area contributed by atoms with Crippen LogP contribution in [0.5, 0.6) is 0 Å². The van der Waals surface area contributed by atoms with Crippen LogP contribution in [0.3, 0.4) is 0 Å². The van der Waals surface area contributed by atoms with Crippen molar-refractivity contribution in [3.63, 3.8) is 0 Å². The molecule has 2 rings (SSSR count). The Morgan fingerprint density at radius 2 is 1.95 bits per heavy atom. The van der Waals surface area contributed by atoms with Gasteiger partial charge in [-0.1, -0.05) is 32.0 Å². The molecule has 0 saturated heterocycles. The van der Waals surface area contributed by atoms with Crippen LogP contribution in [0.2, 0.25) is 0 Å². The average molecular weight is 260 g/mol. The van der Waals surface area contributed by atoms with Gasteiger partial charge in [0.15, 0.2) is 0 Å². The van der Waals surface area contributed by atoms with E-state index in [4.69, 9.17) is 10.3 Å². The largest absolute Gasteiger partial charge is 0.337 e. The lowest BCUT2D eigenvalue weighted by molar-refractivity contribution is 0.253. The minimum absolute atomic E-state index is 0.125. The first-order valence-electron chi connectivity index (χ1n) is 6.32. The molecule has 2 aromatic rings. The fourth-order valence-electron chi connectivity index (χ4n) is 1.78. The second kappa shape index (κ2) is 4.74. The first-order chi connectivity index (χ1) is 8.79.